The van der Waals surface area contributed by atoms with Gasteiger partial charge in [0.05, 0.1) is 18.4 Å². The van der Waals surface area contributed by atoms with E-state index in [1.807, 2.05) is 25.7 Å². The van der Waals surface area contributed by atoms with Crippen LogP contribution in [0.2, 0.25) is 0 Å². The molecule has 0 aliphatic heterocycles. The molecule has 1 heterocycles. The molecule has 1 saturated carbocycles. The minimum atomic E-state index is -1.11. The van der Waals surface area contributed by atoms with Crippen molar-refractivity contribution in [3.05, 3.63) is 49.8 Å². The van der Waals surface area contributed by atoms with Crippen LogP contribution in [0.25, 0.3) is 10.9 Å². The third kappa shape index (κ3) is 7.41. The first kappa shape index (κ1) is 23.9. The van der Waals surface area contributed by atoms with E-state index in [2.05, 4.69) is 25.9 Å². The highest BCUT2D eigenvalue weighted by Crippen LogP contribution is 2.28. The molecule has 33 heavy (non-hydrogen) atoms. The summed E-state index contributed by atoms with van der Waals surface area (Å²) in [6.45, 7) is 0.581. The van der Waals surface area contributed by atoms with Gasteiger partial charge in [-0.25, -0.2) is 4.98 Å². The van der Waals surface area contributed by atoms with Crippen LogP contribution in [-0.4, -0.2) is 50.5 Å². The quantitative estimate of drug-likeness (QED) is 0.342. The minimum Gasteiger partial charge on any atom is -0.481 e. The number of nitrogens with one attached hydrogen (secondary N) is 3. The van der Waals surface area contributed by atoms with Gasteiger partial charge in [-0.1, -0.05) is 0 Å². The second-order valence-electron chi connectivity index (χ2n) is 7.16. The number of rotatable bonds is 11. The van der Waals surface area contributed by atoms with Gasteiger partial charge in [-0.15, -0.1) is 0 Å². The summed E-state index contributed by atoms with van der Waals surface area (Å²) in [5.74, 6) is -2.29. The van der Waals surface area contributed by atoms with E-state index in [0.717, 1.165) is 11.6 Å². The molecule has 2 amide bonds. The van der Waals surface area contributed by atoms with Crippen LogP contribution in [0.3, 0.4) is 0 Å². The predicted molar refractivity (Wildman–Crippen MR) is 119 cm³/mol. The fraction of sp³-hybridized carbons (Fsp3) is 0.227. The molecule has 2 aromatic rings. The number of fused-ring (bicyclic) bond motifs is 1. The number of carboxylic acid groups (broad SMARTS) is 2. The molecule has 1 aliphatic carbocycles. The Labute approximate surface area is 190 Å². The zero-order valence-electron chi connectivity index (χ0n) is 17.5. The number of carboxylic acids is 2. The second-order valence-corrected chi connectivity index (χ2v) is 7.16. The highest BCUT2D eigenvalue weighted by Gasteiger charge is 2.18. The Kier molecular flexibility index (Phi) is 8.11. The van der Waals surface area contributed by atoms with Crippen LogP contribution < -0.4 is 16.0 Å². The van der Waals surface area contributed by atoms with Crippen molar-refractivity contribution in [1.29, 1.82) is 0 Å². The van der Waals surface area contributed by atoms with Crippen molar-refractivity contribution in [3.63, 3.8) is 0 Å². The van der Waals surface area contributed by atoms with Crippen molar-refractivity contribution < 1.29 is 29.4 Å². The summed E-state index contributed by atoms with van der Waals surface area (Å²) >= 11 is 0. The van der Waals surface area contributed by atoms with Crippen LogP contribution in [0.4, 0.5) is 17.5 Å². The van der Waals surface area contributed by atoms with Gasteiger partial charge in [0.15, 0.2) is 0 Å². The smallest absolute Gasteiger partial charge is 0.303 e. The van der Waals surface area contributed by atoms with Crippen molar-refractivity contribution in [2.24, 2.45) is 0 Å². The molecule has 1 aromatic heterocycles. The Balaban J connectivity index is 1.83. The van der Waals surface area contributed by atoms with Crippen LogP contribution in [-0.2, 0) is 19.2 Å². The lowest BCUT2D eigenvalue weighted by molar-refractivity contribution is -0.138. The average Bonchev–Trinajstić information content (AvgIpc) is 3.29. The SMILES string of the molecule is O=C(O)CCC(=O)Nc1nc(NC(=O)CCC(=O)O)c2cc(NC[C]3[CH][CH][CH][CH]3)ccc2n1. The lowest BCUT2D eigenvalue weighted by Crippen LogP contribution is -2.18. The number of carbonyl (C=O) groups is 4. The lowest BCUT2D eigenvalue weighted by atomic mass is 10.1. The Bertz CT molecular complexity index is 1050. The zero-order chi connectivity index (χ0) is 23.8. The zero-order valence-corrected chi connectivity index (χ0v) is 17.5. The summed E-state index contributed by atoms with van der Waals surface area (Å²) in [5.41, 5.74) is 1.16. The normalized spacial score (nSPS) is 13.6. The van der Waals surface area contributed by atoms with E-state index in [0.29, 0.717) is 17.4 Å². The number of anilines is 3. The third-order valence-corrected chi connectivity index (χ3v) is 4.56. The molecule has 11 nitrogen and oxygen atoms in total. The first-order valence-corrected chi connectivity index (χ1v) is 10.1. The summed E-state index contributed by atoms with van der Waals surface area (Å²) in [4.78, 5) is 54.1. The number of aromatic nitrogens is 2. The summed E-state index contributed by atoms with van der Waals surface area (Å²) in [6.07, 6.45) is 6.61. The molecule has 0 saturated heterocycles. The Morgan fingerprint density at radius 1 is 0.818 bits per heavy atom. The summed E-state index contributed by atoms with van der Waals surface area (Å²) in [5, 5.41) is 26.3. The molecule has 0 atom stereocenters. The Morgan fingerprint density at radius 2 is 1.45 bits per heavy atom. The second kappa shape index (κ2) is 11.2. The molecule has 5 radical (unpaired) electrons. The van der Waals surface area contributed by atoms with E-state index in [1.165, 1.54) is 0 Å². The standard InChI is InChI=1S/C22H22N5O6/c28-17(7-9-19(30)31)25-21-15-11-14(23-12-13-3-1-2-4-13)5-6-16(15)24-22(27-21)26-18(29)8-10-20(32)33/h1-6,11,23H,7-10,12H2,(H,30,31)(H,32,33)(H2,24,25,26,27,28,29). The van der Waals surface area contributed by atoms with Crippen molar-refractivity contribution in [1.82, 2.24) is 9.97 Å². The van der Waals surface area contributed by atoms with Crippen LogP contribution >= 0.6 is 0 Å². The maximum absolute atomic E-state index is 12.2. The van der Waals surface area contributed by atoms with Gasteiger partial charge in [-0.2, -0.15) is 4.98 Å². The molecule has 0 bridgehead atoms. The van der Waals surface area contributed by atoms with E-state index in [1.54, 1.807) is 18.2 Å². The van der Waals surface area contributed by atoms with Gasteiger partial charge >= 0.3 is 11.9 Å². The van der Waals surface area contributed by atoms with Gasteiger partial charge in [-0.05, 0) is 43.9 Å². The first-order valence-electron chi connectivity index (χ1n) is 10.1. The van der Waals surface area contributed by atoms with E-state index in [9.17, 15) is 19.2 Å². The van der Waals surface area contributed by atoms with Gasteiger partial charge in [0.1, 0.15) is 5.82 Å². The molecule has 11 heteroatoms. The summed E-state index contributed by atoms with van der Waals surface area (Å²) in [7, 11) is 0. The summed E-state index contributed by atoms with van der Waals surface area (Å²) < 4.78 is 0. The number of carbonyl (C=O) groups excluding carboxylic acids is 2. The number of benzene rings is 1. The highest BCUT2D eigenvalue weighted by atomic mass is 16.4. The molecule has 1 aliphatic rings. The molecule has 5 N–H and O–H groups in total. The molecule has 0 spiro atoms. The molecule has 0 unspecified atom stereocenters. The lowest BCUT2D eigenvalue weighted by Gasteiger charge is -2.14. The van der Waals surface area contributed by atoms with Crippen LogP contribution in [0.1, 0.15) is 25.7 Å². The van der Waals surface area contributed by atoms with E-state index in [-0.39, 0.29) is 37.4 Å². The van der Waals surface area contributed by atoms with Crippen molar-refractivity contribution >= 4 is 52.1 Å². The highest BCUT2D eigenvalue weighted by molar-refractivity contribution is 6.02. The maximum Gasteiger partial charge on any atom is 0.303 e. The first-order chi connectivity index (χ1) is 15.8. The largest absolute Gasteiger partial charge is 0.481 e. The van der Waals surface area contributed by atoms with Gasteiger partial charge < -0.3 is 20.8 Å². The maximum atomic E-state index is 12.2. The third-order valence-electron chi connectivity index (χ3n) is 4.56. The molecule has 171 valence electrons. The van der Waals surface area contributed by atoms with Gasteiger partial charge in [0.25, 0.3) is 0 Å². The Morgan fingerprint density at radius 3 is 2.09 bits per heavy atom. The number of hydrogen-bond acceptors (Lipinski definition) is 7. The topological polar surface area (TPSA) is 171 Å². The average molecular weight is 452 g/mol. The molecular formula is C22H22N5O6. The predicted octanol–water partition coefficient (Wildman–Crippen LogP) is 2.05. The van der Waals surface area contributed by atoms with Crippen LogP contribution in [0, 0.1) is 31.6 Å². The molecule has 1 fully saturated rings. The van der Waals surface area contributed by atoms with E-state index < -0.39 is 23.8 Å². The van der Waals surface area contributed by atoms with Gasteiger partial charge in [0.2, 0.25) is 17.8 Å². The van der Waals surface area contributed by atoms with Crippen LogP contribution in [0.5, 0.6) is 0 Å². The van der Waals surface area contributed by atoms with E-state index in [4.69, 9.17) is 10.2 Å². The van der Waals surface area contributed by atoms with Gasteiger partial charge in [0, 0.05) is 36.4 Å². The van der Waals surface area contributed by atoms with Crippen molar-refractivity contribution in [2.45, 2.75) is 25.7 Å². The molecule has 3 rings (SSSR count). The number of aliphatic carboxylic acids is 2. The number of nitrogens with zero attached hydrogens (tertiary/aromatic N) is 2. The minimum absolute atomic E-state index is 0.0980. The number of amides is 2. The fourth-order valence-corrected chi connectivity index (χ4v) is 2.95. The Hall–Kier alpha value is -3.76. The molecule has 1 aromatic carbocycles. The summed E-state index contributed by atoms with van der Waals surface area (Å²) in [6, 6.07) is 5.20. The number of hydrogen-bond donors (Lipinski definition) is 5. The monoisotopic (exact) mass is 452 g/mol. The van der Waals surface area contributed by atoms with E-state index >= 15 is 0 Å². The van der Waals surface area contributed by atoms with Crippen molar-refractivity contribution in [2.75, 3.05) is 22.5 Å². The van der Waals surface area contributed by atoms with Crippen LogP contribution in [0.15, 0.2) is 18.2 Å². The van der Waals surface area contributed by atoms with Gasteiger partial charge in [-0.3, -0.25) is 24.5 Å². The van der Waals surface area contributed by atoms with Crippen molar-refractivity contribution in [3.8, 4) is 0 Å². The molecular weight excluding hydrogens is 430 g/mol. The fourth-order valence-electron chi connectivity index (χ4n) is 2.95.